The fourth-order valence-electron chi connectivity index (χ4n) is 3.03. The second-order valence-corrected chi connectivity index (χ2v) is 8.11. The SMILES string of the molecule is COc1cc(/C=C2/SC(=Nc3ccccc3C)NC2=O)ccc1OC(=O)c1ccc(F)cc1. The smallest absolute Gasteiger partial charge is 0.343 e. The number of amidine groups is 1. The monoisotopic (exact) mass is 462 g/mol. The van der Waals surface area contributed by atoms with Gasteiger partial charge in [0.2, 0.25) is 0 Å². The largest absolute Gasteiger partial charge is 0.493 e. The van der Waals surface area contributed by atoms with Crippen LogP contribution in [0.5, 0.6) is 11.5 Å². The third-order valence-corrected chi connectivity index (χ3v) is 5.67. The van der Waals surface area contributed by atoms with Gasteiger partial charge in [0, 0.05) is 0 Å². The van der Waals surface area contributed by atoms with Crippen molar-refractivity contribution in [2.75, 3.05) is 7.11 Å². The van der Waals surface area contributed by atoms with E-state index in [0.717, 1.165) is 11.3 Å². The number of para-hydroxylation sites is 1. The molecule has 8 heteroatoms. The highest BCUT2D eigenvalue weighted by Crippen LogP contribution is 2.33. The van der Waals surface area contributed by atoms with Crippen LogP contribution in [-0.2, 0) is 4.79 Å². The van der Waals surface area contributed by atoms with Crippen molar-refractivity contribution in [1.29, 1.82) is 0 Å². The van der Waals surface area contributed by atoms with Gasteiger partial charge in [-0.25, -0.2) is 14.2 Å². The number of amides is 1. The van der Waals surface area contributed by atoms with Gasteiger partial charge in [0.25, 0.3) is 5.91 Å². The third kappa shape index (κ3) is 5.30. The molecule has 1 saturated heterocycles. The van der Waals surface area contributed by atoms with Crippen LogP contribution in [0.2, 0.25) is 0 Å². The molecule has 166 valence electrons. The van der Waals surface area contributed by atoms with Gasteiger partial charge < -0.3 is 14.8 Å². The van der Waals surface area contributed by atoms with Crippen molar-refractivity contribution in [2.45, 2.75) is 6.92 Å². The number of benzene rings is 3. The molecule has 6 nitrogen and oxygen atoms in total. The number of halogens is 1. The van der Waals surface area contributed by atoms with Crippen LogP contribution in [-0.4, -0.2) is 24.2 Å². The molecule has 0 aliphatic carbocycles. The first-order valence-electron chi connectivity index (χ1n) is 9.94. The Labute approximate surface area is 194 Å². The summed E-state index contributed by atoms with van der Waals surface area (Å²) < 4.78 is 23.8. The first-order valence-corrected chi connectivity index (χ1v) is 10.8. The predicted molar refractivity (Wildman–Crippen MR) is 126 cm³/mol. The van der Waals surface area contributed by atoms with E-state index >= 15 is 0 Å². The molecule has 1 N–H and O–H groups in total. The number of rotatable bonds is 5. The summed E-state index contributed by atoms with van der Waals surface area (Å²) in [6, 6.07) is 17.6. The van der Waals surface area contributed by atoms with Crippen molar-refractivity contribution >= 4 is 40.6 Å². The topological polar surface area (TPSA) is 77.0 Å². The highest BCUT2D eigenvalue weighted by atomic mass is 32.2. The molecule has 0 bridgehead atoms. The van der Waals surface area contributed by atoms with Crippen molar-refractivity contribution in [3.63, 3.8) is 0 Å². The Morgan fingerprint density at radius 3 is 2.55 bits per heavy atom. The molecule has 1 fully saturated rings. The molecule has 3 aromatic carbocycles. The number of ether oxygens (including phenoxy) is 2. The Morgan fingerprint density at radius 2 is 1.82 bits per heavy atom. The zero-order valence-electron chi connectivity index (χ0n) is 17.8. The van der Waals surface area contributed by atoms with Gasteiger partial charge in [-0.15, -0.1) is 0 Å². The van der Waals surface area contributed by atoms with Gasteiger partial charge in [0.05, 0.1) is 23.3 Å². The number of carbonyl (C=O) groups excluding carboxylic acids is 2. The van der Waals surface area contributed by atoms with Crippen molar-refractivity contribution in [3.8, 4) is 11.5 Å². The highest BCUT2D eigenvalue weighted by Gasteiger charge is 2.24. The minimum Gasteiger partial charge on any atom is -0.493 e. The van der Waals surface area contributed by atoms with Crippen molar-refractivity contribution < 1.29 is 23.5 Å². The molecule has 1 amide bonds. The number of nitrogens with zero attached hydrogens (tertiary/aromatic N) is 1. The Hall–Kier alpha value is -3.91. The van der Waals surface area contributed by atoms with Gasteiger partial charge in [-0.05, 0) is 78.4 Å². The molecular weight excluding hydrogens is 443 g/mol. The van der Waals surface area contributed by atoms with E-state index in [0.29, 0.717) is 21.4 Å². The quantitative estimate of drug-likeness (QED) is 0.318. The number of aliphatic imine (C=N–C) groups is 1. The normalized spacial score (nSPS) is 15.5. The Bertz CT molecular complexity index is 1290. The lowest BCUT2D eigenvalue weighted by Crippen LogP contribution is -2.19. The maximum absolute atomic E-state index is 13.1. The average molecular weight is 463 g/mol. The molecule has 0 radical (unpaired) electrons. The lowest BCUT2D eigenvalue weighted by molar-refractivity contribution is -0.115. The third-order valence-electron chi connectivity index (χ3n) is 4.76. The molecule has 0 aromatic heterocycles. The van der Waals surface area contributed by atoms with E-state index in [-0.39, 0.29) is 17.2 Å². The summed E-state index contributed by atoms with van der Waals surface area (Å²) in [6.45, 7) is 1.95. The summed E-state index contributed by atoms with van der Waals surface area (Å²) in [5.41, 5.74) is 2.69. The number of thioether (sulfide) groups is 1. The van der Waals surface area contributed by atoms with E-state index in [1.807, 2.05) is 31.2 Å². The van der Waals surface area contributed by atoms with Crippen LogP contribution in [0.4, 0.5) is 10.1 Å². The molecule has 33 heavy (non-hydrogen) atoms. The molecule has 1 heterocycles. The second kappa shape index (κ2) is 9.70. The number of esters is 1. The van der Waals surface area contributed by atoms with Crippen LogP contribution < -0.4 is 14.8 Å². The molecule has 0 atom stereocenters. The summed E-state index contributed by atoms with van der Waals surface area (Å²) >= 11 is 1.24. The highest BCUT2D eigenvalue weighted by molar-refractivity contribution is 8.18. The average Bonchev–Trinajstić information content (AvgIpc) is 3.15. The maximum atomic E-state index is 13.1. The Morgan fingerprint density at radius 1 is 1.06 bits per heavy atom. The lowest BCUT2D eigenvalue weighted by atomic mass is 10.1. The molecule has 3 aromatic rings. The molecule has 4 rings (SSSR count). The van der Waals surface area contributed by atoms with Crippen LogP contribution in [0.1, 0.15) is 21.5 Å². The summed E-state index contributed by atoms with van der Waals surface area (Å²) in [4.78, 5) is 29.7. The van der Waals surface area contributed by atoms with Crippen LogP contribution in [0.15, 0.2) is 76.6 Å². The van der Waals surface area contributed by atoms with E-state index in [1.165, 1.54) is 43.1 Å². The first-order chi connectivity index (χ1) is 15.9. The zero-order chi connectivity index (χ0) is 23.4. The number of hydrogen-bond acceptors (Lipinski definition) is 6. The van der Waals surface area contributed by atoms with E-state index in [9.17, 15) is 14.0 Å². The van der Waals surface area contributed by atoms with Gasteiger partial charge in [0.1, 0.15) is 5.82 Å². The summed E-state index contributed by atoms with van der Waals surface area (Å²) in [5.74, 6) is -0.806. The summed E-state index contributed by atoms with van der Waals surface area (Å²) in [7, 11) is 1.45. The molecular formula is C25H19FN2O4S. The summed E-state index contributed by atoms with van der Waals surface area (Å²) in [5, 5.41) is 3.26. The van der Waals surface area contributed by atoms with Crippen molar-refractivity contribution in [2.24, 2.45) is 4.99 Å². The van der Waals surface area contributed by atoms with Gasteiger partial charge in [-0.2, -0.15) is 0 Å². The number of nitrogens with one attached hydrogen (secondary N) is 1. The van der Waals surface area contributed by atoms with E-state index < -0.39 is 11.8 Å². The van der Waals surface area contributed by atoms with Crippen molar-refractivity contribution in [3.05, 3.63) is 94.1 Å². The first kappa shape index (κ1) is 22.3. The minimum atomic E-state index is -0.637. The number of methoxy groups -OCH3 is 1. The number of aryl methyl sites for hydroxylation is 1. The van der Waals surface area contributed by atoms with Crippen LogP contribution in [0, 0.1) is 12.7 Å². The van der Waals surface area contributed by atoms with E-state index in [1.54, 1.807) is 24.3 Å². The Balaban J connectivity index is 1.52. The van der Waals surface area contributed by atoms with E-state index in [4.69, 9.17) is 9.47 Å². The minimum absolute atomic E-state index is 0.208. The predicted octanol–water partition coefficient (Wildman–Crippen LogP) is 5.25. The van der Waals surface area contributed by atoms with Gasteiger partial charge in [-0.1, -0.05) is 24.3 Å². The second-order valence-electron chi connectivity index (χ2n) is 7.07. The lowest BCUT2D eigenvalue weighted by Gasteiger charge is -2.10. The van der Waals surface area contributed by atoms with Gasteiger partial charge >= 0.3 is 5.97 Å². The number of hydrogen-bond donors (Lipinski definition) is 1. The standard InChI is InChI=1S/C25H19FN2O4S/c1-15-5-3-4-6-19(15)27-25-28-23(29)22(33-25)14-16-7-12-20(21(13-16)31-2)32-24(30)17-8-10-18(26)11-9-17/h3-14H,1-2H3,(H,27,28,29)/b22-14+. The van der Waals surface area contributed by atoms with Crippen LogP contribution in [0.3, 0.4) is 0 Å². The molecule has 0 spiro atoms. The fourth-order valence-corrected chi connectivity index (χ4v) is 3.87. The fraction of sp³-hybridized carbons (Fsp3) is 0.0800. The maximum Gasteiger partial charge on any atom is 0.343 e. The molecule has 1 aliphatic rings. The summed E-state index contributed by atoms with van der Waals surface area (Å²) in [6.07, 6.45) is 1.70. The van der Waals surface area contributed by atoms with E-state index in [2.05, 4.69) is 10.3 Å². The zero-order valence-corrected chi connectivity index (χ0v) is 18.6. The number of carbonyl (C=O) groups is 2. The van der Waals surface area contributed by atoms with Gasteiger partial charge in [-0.3, -0.25) is 4.79 Å². The van der Waals surface area contributed by atoms with Crippen LogP contribution in [0.25, 0.3) is 6.08 Å². The van der Waals surface area contributed by atoms with Gasteiger partial charge in [0.15, 0.2) is 16.7 Å². The Kier molecular flexibility index (Phi) is 6.55. The molecule has 0 saturated carbocycles. The van der Waals surface area contributed by atoms with Crippen LogP contribution >= 0.6 is 11.8 Å². The molecule has 1 aliphatic heterocycles. The van der Waals surface area contributed by atoms with Crippen molar-refractivity contribution in [1.82, 2.24) is 5.32 Å². The molecule has 0 unspecified atom stereocenters.